The Morgan fingerprint density at radius 3 is 2.58 bits per heavy atom. The van der Waals surface area contributed by atoms with Crippen LogP contribution in [0.3, 0.4) is 0 Å². The van der Waals surface area contributed by atoms with E-state index in [9.17, 15) is 4.79 Å². The van der Waals surface area contributed by atoms with Crippen molar-refractivity contribution in [3.63, 3.8) is 0 Å². The zero-order valence-electron chi connectivity index (χ0n) is 17.8. The number of hydrogen-bond donors (Lipinski definition) is 0. The first-order valence-electron chi connectivity index (χ1n) is 11.3. The van der Waals surface area contributed by atoms with Crippen LogP contribution in [0.15, 0.2) is 48.8 Å². The molecule has 1 aromatic carbocycles. The van der Waals surface area contributed by atoms with Gasteiger partial charge in [0.05, 0.1) is 17.8 Å². The molecule has 1 amide bonds. The Morgan fingerprint density at radius 2 is 1.81 bits per heavy atom. The van der Waals surface area contributed by atoms with Crippen molar-refractivity contribution >= 4 is 16.9 Å². The first kappa shape index (κ1) is 20.0. The highest BCUT2D eigenvalue weighted by Crippen LogP contribution is 2.31. The molecular formula is C24H29N5O2. The third-order valence-corrected chi connectivity index (χ3v) is 6.43. The van der Waals surface area contributed by atoms with Crippen molar-refractivity contribution in [2.24, 2.45) is 0 Å². The number of benzene rings is 1. The number of hydrogen-bond acceptors (Lipinski definition) is 5. The highest BCUT2D eigenvalue weighted by Gasteiger charge is 2.24. The average molecular weight is 420 g/mol. The van der Waals surface area contributed by atoms with Crippen LogP contribution in [-0.4, -0.2) is 69.8 Å². The minimum atomic E-state index is 0.0585. The molecule has 7 heteroatoms. The molecule has 2 aromatic heterocycles. The lowest BCUT2D eigenvalue weighted by molar-refractivity contribution is 0.0620. The molecule has 3 heterocycles. The normalized spacial score (nSPS) is 18.0. The van der Waals surface area contributed by atoms with Crippen LogP contribution >= 0.6 is 0 Å². The monoisotopic (exact) mass is 419 g/mol. The summed E-state index contributed by atoms with van der Waals surface area (Å²) < 4.78 is 7.84. The largest absolute Gasteiger partial charge is 0.492 e. The van der Waals surface area contributed by atoms with Crippen LogP contribution in [0.1, 0.15) is 42.1 Å². The van der Waals surface area contributed by atoms with Crippen LogP contribution in [0.5, 0.6) is 5.75 Å². The third-order valence-electron chi connectivity index (χ3n) is 6.43. The third kappa shape index (κ3) is 4.42. The number of para-hydroxylation sites is 1. The van der Waals surface area contributed by atoms with E-state index in [2.05, 4.69) is 15.0 Å². The zero-order chi connectivity index (χ0) is 21.0. The standard InChI is InChI=1S/C24H29N5O2/c30-24(20-16-19-18-26-29(23(19)25-17-20)21-6-4-5-7-21)28-12-10-27(11-13-28)14-15-31-22-8-2-1-3-9-22/h1-3,8-9,16-18,21H,4-7,10-15H2. The summed E-state index contributed by atoms with van der Waals surface area (Å²) in [5, 5.41) is 5.51. The topological polar surface area (TPSA) is 63.5 Å². The van der Waals surface area contributed by atoms with Gasteiger partial charge in [-0.2, -0.15) is 5.10 Å². The summed E-state index contributed by atoms with van der Waals surface area (Å²) in [5.74, 6) is 0.957. The van der Waals surface area contributed by atoms with Gasteiger partial charge in [0, 0.05) is 44.3 Å². The number of fused-ring (bicyclic) bond motifs is 1. The van der Waals surface area contributed by atoms with Gasteiger partial charge in [-0.25, -0.2) is 9.67 Å². The number of aromatic nitrogens is 3. The van der Waals surface area contributed by atoms with Gasteiger partial charge in [-0.1, -0.05) is 31.0 Å². The molecule has 1 aliphatic heterocycles. The SMILES string of the molecule is O=C(c1cnc2c(cnn2C2CCCC2)c1)N1CCN(CCOc2ccccc2)CC1. The Hall–Kier alpha value is -2.93. The van der Waals surface area contributed by atoms with Gasteiger partial charge in [0.25, 0.3) is 5.91 Å². The Bertz CT molecular complexity index is 1020. The summed E-state index contributed by atoms with van der Waals surface area (Å²) >= 11 is 0. The van der Waals surface area contributed by atoms with E-state index in [0.29, 0.717) is 18.2 Å². The molecule has 1 saturated heterocycles. The summed E-state index contributed by atoms with van der Waals surface area (Å²) in [6.45, 7) is 4.69. The van der Waals surface area contributed by atoms with Gasteiger partial charge >= 0.3 is 0 Å². The second-order valence-electron chi connectivity index (χ2n) is 8.46. The van der Waals surface area contributed by atoms with Crippen LogP contribution in [-0.2, 0) is 0 Å². The highest BCUT2D eigenvalue weighted by molar-refractivity contribution is 5.96. The summed E-state index contributed by atoms with van der Waals surface area (Å²) in [5.41, 5.74) is 1.55. The van der Waals surface area contributed by atoms with Gasteiger partial charge in [-0.3, -0.25) is 9.69 Å². The van der Waals surface area contributed by atoms with Crippen molar-refractivity contribution in [3.8, 4) is 5.75 Å². The molecular weight excluding hydrogens is 390 g/mol. The number of carbonyl (C=O) groups excluding carboxylic acids is 1. The molecule has 0 atom stereocenters. The molecule has 3 aromatic rings. The molecule has 0 radical (unpaired) electrons. The van der Waals surface area contributed by atoms with Crippen molar-refractivity contribution < 1.29 is 9.53 Å². The van der Waals surface area contributed by atoms with Crippen LogP contribution in [0.2, 0.25) is 0 Å². The van der Waals surface area contributed by atoms with Crippen molar-refractivity contribution in [3.05, 3.63) is 54.4 Å². The number of rotatable bonds is 6. The van der Waals surface area contributed by atoms with E-state index >= 15 is 0 Å². The van der Waals surface area contributed by atoms with Crippen molar-refractivity contribution in [1.29, 1.82) is 0 Å². The maximum absolute atomic E-state index is 13.0. The van der Waals surface area contributed by atoms with Gasteiger partial charge in [-0.15, -0.1) is 0 Å². The van der Waals surface area contributed by atoms with Gasteiger partial charge < -0.3 is 9.64 Å². The number of piperazine rings is 1. The van der Waals surface area contributed by atoms with Crippen LogP contribution in [0, 0.1) is 0 Å². The summed E-state index contributed by atoms with van der Waals surface area (Å²) in [7, 11) is 0. The molecule has 1 aliphatic carbocycles. The number of ether oxygens (including phenoxy) is 1. The number of pyridine rings is 1. The fraction of sp³-hybridized carbons (Fsp3) is 0.458. The van der Waals surface area contributed by atoms with E-state index < -0.39 is 0 Å². The quantitative estimate of drug-likeness (QED) is 0.613. The van der Waals surface area contributed by atoms with E-state index in [1.54, 1.807) is 6.20 Å². The molecule has 1 saturated carbocycles. The van der Waals surface area contributed by atoms with Crippen LogP contribution < -0.4 is 4.74 Å². The summed E-state index contributed by atoms with van der Waals surface area (Å²) in [4.78, 5) is 21.9. The molecule has 0 N–H and O–H groups in total. The Labute approximate surface area is 182 Å². The lowest BCUT2D eigenvalue weighted by Gasteiger charge is -2.34. The summed E-state index contributed by atoms with van der Waals surface area (Å²) in [6, 6.07) is 12.3. The van der Waals surface area contributed by atoms with E-state index in [-0.39, 0.29) is 5.91 Å². The maximum Gasteiger partial charge on any atom is 0.255 e. The minimum absolute atomic E-state index is 0.0585. The van der Waals surface area contributed by atoms with Crippen molar-refractivity contribution in [1.82, 2.24) is 24.6 Å². The molecule has 5 rings (SSSR count). The second kappa shape index (κ2) is 9.06. The van der Waals surface area contributed by atoms with E-state index in [0.717, 1.165) is 49.5 Å². The molecule has 31 heavy (non-hydrogen) atoms. The predicted octanol–water partition coefficient (Wildman–Crippen LogP) is 3.38. The second-order valence-corrected chi connectivity index (χ2v) is 8.46. The Balaban J connectivity index is 1.15. The molecule has 0 bridgehead atoms. The van der Waals surface area contributed by atoms with E-state index in [1.165, 1.54) is 25.7 Å². The first-order valence-corrected chi connectivity index (χ1v) is 11.3. The predicted molar refractivity (Wildman–Crippen MR) is 119 cm³/mol. The molecule has 0 unspecified atom stereocenters. The zero-order valence-corrected chi connectivity index (χ0v) is 17.8. The van der Waals surface area contributed by atoms with Crippen LogP contribution in [0.4, 0.5) is 0 Å². The highest BCUT2D eigenvalue weighted by atomic mass is 16.5. The maximum atomic E-state index is 13.0. The average Bonchev–Trinajstić information content (AvgIpc) is 3.49. The smallest absolute Gasteiger partial charge is 0.255 e. The molecule has 7 nitrogen and oxygen atoms in total. The fourth-order valence-corrected chi connectivity index (χ4v) is 4.64. The van der Waals surface area contributed by atoms with Crippen molar-refractivity contribution in [2.45, 2.75) is 31.7 Å². The molecule has 0 spiro atoms. The number of nitrogens with zero attached hydrogens (tertiary/aromatic N) is 5. The minimum Gasteiger partial charge on any atom is -0.492 e. The van der Waals surface area contributed by atoms with Gasteiger partial charge in [0.1, 0.15) is 12.4 Å². The van der Waals surface area contributed by atoms with Crippen molar-refractivity contribution in [2.75, 3.05) is 39.3 Å². The van der Waals surface area contributed by atoms with Gasteiger partial charge in [0.2, 0.25) is 0 Å². The Kier molecular flexibility index (Phi) is 5.84. The lowest BCUT2D eigenvalue weighted by atomic mass is 10.2. The molecule has 162 valence electrons. The van der Waals surface area contributed by atoms with Gasteiger partial charge in [0.15, 0.2) is 5.65 Å². The van der Waals surface area contributed by atoms with E-state index in [4.69, 9.17) is 4.74 Å². The Morgan fingerprint density at radius 1 is 1.03 bits per heavy atom. The van der Waals surface area contributed by atoms with E-state index in [1.807, 2.05) is 52.2 Å². The summed E-state index contributed by atoms with van der Waals surface area (Å²) in [6.07, 6.45) is 8.42. The fourth-order valence-electron chi connectivity index (χ4n) is 4.64. The molecule has 2 fully saturated rings. The number of carbonyl (C=O) groups is 1. The van der Waals surface area contributed by atoms with Crippen LogP contribution in [0.25, 0.3) is 11.0 Å². The first-order chi connectivity index (χ1) is 15.3. The lowest BCUT2D eigenvalue weighted by Crippen LogP contribution is -2.49. The number of amides is 1. The van der Waals surface area contributed by atoms with Gasteiger partial charge in [-0.05, 0) is 31.0 Å². The molecule has 2 aliphatic rings.